The number of rotatable bonds is 12. The molecular weight excluding hydrogens is 917 g/mol. The van der Waals surface area contributed by atoms with E-state index in [9.17, 15) is 29.4 Å². The summed E-state index contributed by atoms with van der Waals surface area (Å²) in [5.41, 5.74) is 7.76. The molecule has 72 heavy (non-hydrogen) atoms. The number of carbonyl (C=O) groups is 2. The lowest BCUT2D eigenvalue weighted by molar-refractivity contribution is 0.0684. The van der Waals surface area contributed by atoms with Gasteiger partial charge in [-0.25, -0.2) is 18.4 Å². The Morgan fingerprint density at radius 3 is 1.58 bits per heavy atom. The predicted molar refractivity (Wildman–Crippen MR) is 275 cm³/mol. The lowest BCUT2D eigenvalue weighted by Crippen LogP contribution is -2.25. The normalized spacial score (nSPS) is 14.1. The van der Waals surface area contributed by atoms with E-state index in [2.05, 4.69) is 15.5 Å². The van der Waals surface area contributed by atoms with Gasteiger partial charge in [0.15, 0.2) is 0 Å². The van der Waals surface area contributed by atoms with Crippen LogP contribution in [0.25, 0.3) is 44.1 Å². The number of aromatic amines is 1. The van der Waals surface area contributed by atoms with Crippen molar-refractivity contribution in [1.82, 2.24) is 24.6 Å². The Kier molecular flexibility index (Phi) is 13.0. The molecule has 2 aliphatic rings. The Morgan fingerprint density at radius 1 is 0.653 bits per heavy atom. The molecule has 13 nitrogen and oxygen atoms in total. The highest BCUT2D eigenvalue weighted by Gasteiger charge is 2.27. The van der Waals surface area contributed by atoms with Crippen molar-refractivity contribution < 1.29 is 28.6 Å². The second-order valence-corrected chi connectivity index (χ2v) is 18.3. The maximum atomic E-state index is 15.2. The fourth-order valence-electron chi connectivity index (χ4n) is 9.85. The number of aromatic carboxylic acids is 2. The number of pyridine rings is 2. The zero-order chi connectivity index (χ0) is 50.0. The topological polar surface area (TPSA) is 166 Å². The van der Waals surface area contributed by atoms with Crippen LogP contribution in [0.4, 0.5) is 20.2 Å². The van der Waals surface area contributed by atoms with E-state index in [0.717, 1.165) is 76.8 Å². The van der Waals surface area contributed by atoms with Gasteiger partial charge in [-0.15, -0.1) is 0 Å². The minimum absolute atomic E-state index is 0.0384. The average molecular weight is 966 g/mol. The molecule has 6 aromatic carbocycles. The van der Waals surface area contributed by atoms with Crippen molar-refractivity contribution in [2.45, 2.75) is 32.6 Å². The molecule has 5 heterocycles. The van der Waals surface area contributed by atoms with Gasteiger partial charge in [0, 0.05) is 61.5 Å². The van der Waals surface area contributed by atoms with Gasteiger partial charge in [-0.2, -0.15) is 5.10 Å². The van der Waals surface area contributed by atoms with Gasteiger partial charge in [-0.1, -0.05) is 109 Å². The third-order valence-corrected chi connectivity index (χ3v) is 13.6. The van der Waals surface area contributed by atoms with Gasteiger partial charge >= 0.3 is 11.9 Å². The molecule has 0 unspecified atom stereocenters. The summed E-state index contributed by atoms with van der Waals surface area (Å²) in [7, 11) is 1.91. The molecule has 0 bridgehead atoms. The molecule has 1 fully saturated rings. The number of H-pyrrole nitrogens is 1. The van der Waals surface area contributed by atoms with E-state index in [1.165, 1.54) is 18.5 Å². The van der Waals surface area contributed by atoms with E-state index in [-0.39, 0.29) is 16.3 Å². The monoisotopic (exact) mass is 965 g/mol. The minimum atomic E-state index is -1.34. The van der Waals surface area contributed by atoms with Crippen LogP contribution in [0.1, 0.15) is 49.5 Å². The third-order valence-electron chi connectivity index (χ3n) is 13.6. The molecule has 4 N–H and O–H groups in total. The number of hydrogen-bond acceptors (Lipinski definition) is 8. The van der Waals surface area contributed by atoms with Crippen LogP contribution in [-0.4, -0.2) is 68.2 Å². The Bertz CT molecular complexity index is 3600. The molecule has 2 aliphatic heterocycles. The maximum absolute atomic E-state index is 15.2. The van der Waals surface area contributed by atoms with Crippen LogP contribution in [-0.2, 0) is 26.2 Å². The Hall–Kier alpha value is -8.69. The molecule has 0 spiro atoms. The average Bonchev–Trinajstić information content (AvgIpc) is 4.15. The summed E-state index contributed by atoms with van der Waals surface area (Å²) >= 11 is 0. The molecule has 11 rings (SSSR count). The number of nitrogens with zero attached hydrogens (tertiary/aromatic N) is 5. The number of nitrogens with one attached hydrogen (secondary N) is 2. The number of hydrogen-bond donors (Lipinski definition) is 4. The third kappa shape index (κ3) is 9.49. The van der Waals surface area contributed by atoms with Gasteiger partial charge in [-0.3, -0.25) is 14.7 Å². The van der Waals surface area contributed by atoms with Crippen LogP contribution in [0.3, 0.4) is 0 Å². The van der Waals surface area contributed by atoms with E-state index in [1.807, 2.05) is 126 Å². The van der Waals surface area contributed by atoms with Crippen LogP contribution in [0.15, 0.2) is 162 Å². The van der Waals surface area contributed by atoms with Crippen LogP contribution in [0, 0.1) is 17.6 Å². The molecule has 0 radical (unpaired) electrons. The molecule has 9 aromatic rings. The summed E-state index contributed by atoms with van der Waals surface area (Å²) in [6.45, 7) is 3.94. The van der Waals surface area contributed by atoms with Crippen molar-refractivity contribution in [1.29, 1.82) is 0 Å². The molecule has 0 saturated carbocycles. The number of carboxylic acid groups (broad SMARTS) is 2. The number of fused-ring (bicyclic) bond motifs is 3. The van der Waals surface area contributed by atoms with Crippen molar-refractivity contribution in [2.24, 2.45) is 5.92 Å². The number of halogens is 2. The molecule has 1 saturated heterocycles. The van der Waals surface area contributed by atoms with Gasteiger partial charge in [0.1, 0.15) is 22.8 Å². The van der Waals surface area contributed by atoms with Gasteiger partial charge < -0.3 is 34.5 Å². The number of benzene rings is 6. The quantitative estimate of drug-likeness (QED) is 0.0927. The summed E-state index contributed by atoms with van der Waals surface area (Å²) in [6.07, 6.45) is 5.39. The molecule has 15 heteroatoms. The fraction of sp³-hybridized carbons (Fsp3) is 0.175. The van der Waals surface area contributed by atoms with Crippen LogP contribution in [0.2, 0.25) is 0 Å². The highest BCUT2D eigenvalue weighted by molar-refractivity contribution is 5.95. The zero-order valence-electron chi connectivity index (χ0n) is 39.2. The minimum Gasteiger partial charge on any atom is -0.477 e. The molecule has 3 aromatic heterocycles. The first-order valence-corrected chi connectivity index (χ1v) is 23.6. The van der Waals surface area contributed by atoms with E-state index in [4.69, 9.17) is 0 Å². The summed E-state index contributed by atoms with van der Waals surface area (Å²) in [4.78, 5) is 53.3. The molecule has 0 amide bonds. The van der Waals surface area contributed by atoms with Crippen molar-refractivity contribution >= 4 is 45.1 Å². The van der Waals surface area contributed by atoms with E-state index >= 15 is 8.78 Å². The van der Waals surface area contributed by atoms with Crippen LogP contribution >= 0.6 is 0 Å². The molecule has 0 aliphatic carbocycles. The standard InChI is InChI=1S/C29H28FN3O3.C28H21FN4O3/c1-31-15-20-11-12-32(17-20)27-14-26-23(13-25(27)30)28(34)24(29(35)36)18-33(26)16-19-7-9-22(10-8-19)21-5-3-2-4-6-21;29-23-10-21-25(11-26(23)33-14-20-12-30-31-24(20)16-33)32(15-22(27(21)34)28(35)36)13-17-6-8-19(9-7-17)18-4-2-1-3-5-18/h2-10,13-14,18,20,31H,11-12,15-17H2,1H3,(H,35,36);1-12,15H,13-14,16H2,(H,30,31)(H,35,36)/t20-;/m0./s1. The Balaban J connectivity index is 0.000000166. The lowest BCUT2D eigenvalue weighted by atomic mass is 10.0. The smallest absolute Gasteiger partial charge is 0.341 e. The van der Waals surface area contributed by atoms with Crippen molar-refractivity contribution in [2.75, 3.05) is 36.5 Å². The van der Waals surface area contributed by atoms with Gasteiger partial charge in [0.05, 0.1) is 40.8 Å². The summed E-state index contributed by atoms with van der Waals surface area (Å²) < 4.78 is 33.9. The van der Waals surface area contributed by atoms with Gasteiger partial charge in [0.25, 0.3) is 0 Å². The van der Waals surface area contributed by atoms with Crippen molar-refractivity contribution in [3.05, 3.63) is 218 Å². The lowest BCUT2D eigenvalue weighted by Gasteiger charge is -2.21. The predicted octanol–water partition coefficient (Wildman–Crippen LogP) is 9.40. The highest BCUT2D eigenvalue weighted by Crippen LogP contribution is 2.33. The van der Waals surface area contributed by atoms with Gasteiger partial charge in [-0.05, 0) is 83.6 Å². The summed E-state index contributed by atoms with van der Waals surface area (Å²) in [5.74, 6) is -3.33. The van der Waals surface area contributed by atoms with E-state index in [1.54, 1.807) is 27.5 Å². The van der Waals surface area contributed by atoms with Crippen LogP contribution < -0.4 is 26.0 Å². The molecule has 1 atom stereocenters. The molecular formula is C57H49F2N7O6. The second kappa shape index (κ2) is 20.0. The second-order valence-electron chi connectivity index (χ2n) is 18.3. The summed E-state index contributed by atoms with van der Waals surface area (Å²) in [5, 5.41) is 29.5. The van der Waals surface area contributed by atoms with E-state index < -0.39 is 40.0 Å². The van der Waals surface area contributed by atoms with E-state index in [0.29, 0.717) is 54.5 Å². The SMILES string of the molecule is CNC[C@@H]1CCN(c2cc3c(cc2F)c(=O)c(C(=O)O)cn3Cc2ccc(-c3ccccc3)cc2)C1.O=C(O)c1cn(Cc2ccc(-c3ccccc3)cc2)c2cc(N3Cc4cn[nH]c4C3)c(F)cc2c1=O. The number of carboxylic acids is 2. The first-order valence-electron chi connectivity index (χ1n) is 23.6. The molecule has 362 valence electrons. The van der Waals surface area contributed by atoms with Crippen molar-refractivity contribution in [3.63, 3.8) is 0 Å². The Morgan fingerprint density at radius 2 is 1.12 bits per heavy atom. The number of aromatic nitrogens is 4. The fourth-order valence-corrected chi connectivity index (χ4v) is 9.85. The summed E-state index contributed by atoms with van der Waals surface area (Å²) in [6, 6.07) is 41.6. The number of anilines is 2. The largest absolute Gasteiger partial charge is 0.477 e. The van der Waals surface area contributed by atoms with Crippen LogP contribution in [0.5, 0.6) is 0 Å². The highest BCUT2D eigenvalue weighted by atomic mass is 19.1. The van der Waals surface area contributed by atoms with Gasteiger partial charge in [0.2, 0.25) is 10.9 Å². The first-order chi connectivity index (χ1) is 34.9. The zero-order valence-corrected chi connectivity index (χ0v) is 39.2. The maximum Gasteiger partial charge on any atom is 0.341 e. The van der Waals surface area contributed by atoms with Crippen molar-refractivity contribution in [3.8, 4) is 22.3 Å². The Labute approximate surface area is 411 Å². The first kappa shape index (κ1) is 47.0.